The van der Waals surface area contributed by atoms with Crippen molar-refractivity contribution in [3.63, 3.8) is 0 Å². The van der Waals surface area contributed by atoms with Crippen LogP contribution in [0, 0.1) is 5.41 Å². The monoisotopic (exact) mass is 253 g/mol. The quantitative estimate of drug-likeness (QED) is 0.779. The van der Waals surface area contributed by atoms with Gasteiger partial charge in [0.1, 0.15) is 0 Å². The van der Waals surface area contributed by atoms with Crippen molar-refractivity contribution in [1.82, 2.24) is 14.8 Å². The molecule has 3 nitrogen and oxygen atoms in total. The predicted molar refractivity (Wildman–Crippen MR) is 74.5 cm³/mol. The van der Waals surface area contributed by atoms with E-state index in [1.807, 2.05) is 29.1 Å². The summed E-state index contributed by atoms with van der Waals surface area (Å²) >= 11 is 0. The Kier molecular flexibility index (Phi) is 1.93. The first-order valence-electron chi connectivity index (χ1n) is 7.05. The third kappa shape index (κ3) is 1.18. The summed E-state index contributed by atoms with van der Waals surface area (Å²) in [5.41, 5.74) is 3.32. The van der Waals surface area contributed by atoms with E-state index < -0.39 is 0 Å². The highest BCUT2D eigenvalue weighted by Crippen LogP contribution is 2.67. The summed E-state index contributed by atoms with van der Waals surface area (Å²) < 4.78 is 1.95. The molecule has 1 saturated carbocycles. The van der Waals surface area contributed by atoms with Crippen LogP contribution in [0.1, 0.15) is 50.8 Å². The summed E-state index contributed by atoms with van der Waals surface area (Å²) in [6, 6.07) is 5.96. The molecule has 2 aliphatic rings. The molecule has 2 aliphatic carbocycles. The van der Waals surface area contributed by atoms with Crippen LogP contribution in [0.5, 0.6) is 0 Å². The summed E-state index contributed by atoms with van der Waals surface area (Å²) in [5.74, 6) is 1.57. The normalized spacial score (nSPS) is 30.6. The number of hydrogen-bond acceptors (Lipinski definition) is 2. The summed E-state index contributed by atoms with van der Waals surface area (Å²) in [5, 5.41) is 4.87. The van der Waals surface area contributed by atoms with E-state index in [2.05, 4.69) is 32.0 Å². The van der Waals surface area contributed by atoms with Gasteiger partial charge in [-0.25, -0.2) is 9.67 Å². The molecule has 2 aromatic rings. The fourth-order valence-electron chi connectivity index (χ4n) is 4.15. The van der Waals surface area contributed by atoms with E-state index in [0.29, 0.717) is 11.3 Å². The maximum absolute atomic E-state index is 4.87. The number of fused-ring (bicyclic) bond motifs is 5. The van der Waals surface area contributed by atoms with E-state index >= 15 is 0 Å². The molecule has 0 aromatic carbocycles. The zero-order chi connectivity index (χ0) is 13.3. The second-order valence-corrected chi connectivity index (χ2v) is 6.71. The van der Waals surface area contributed by atoms with Crippen LogP contribution in [0.2, 0.25) is 0 Å². The van der Waals surface area contributed by atoms with Crippen LogP contribution in [0.3, 0.4) is 0 Å². The van der Waals surface area contributed by atoms with Crippen molar-refractivity contribution in [3.05, 3.63) is 41.9 Å². The van der Waals surface area contributed by atoms with Crippen molar-refractivity contribution in [3.8, 4) is 5.82 Å². The summed E-state index contributed by atoms with van der Waals surface area (Å²) in [4.78, 5) is 4.39. The van der Waals surface area contributed by atoms with Gasteiger partial charge >= 0.3 is 0 Å². The van der Waals surface area contributed by atoms with Gasteiger partial charge in [-0.15, -0.1) is 0 Å². The van der Waals surface area contributed by atoms with Crippen LogP contribution in [0.4, 0.5) is 0 Å². The van der Waals surface area contributed by atoms with E-state index in [1.54, 1.807) is 0 Å². The Morgan fingerprint density at radius 2 is 2.11 bits per heavy atom. The van der Waals surface area contributed by atoms with Crippen LogP contribution >= 0.6 is 0 Å². The topological polar surface area (TPSA) is 30.7 Å². The van der Waals surface area contributed by atoms with Crippen LogP contribution in [-0.2, 0) is 5.41 Å². The molecule has 3 heteroatoms. The van der Waals surface area contributed by atoms with Gasteiger partial charge in [-0.2, -0.15) is 5.10 Å². The van der Waals surface area contributed by atoms with Crippen molar-refractivity contribution in [2.45, 2.75) is 44.9 Å². The zero-order valence-corrected chi connectivity index (χ0v) is 11.7. The molecule has 0 N–H and O–H groups in total. The van der Waals surface area contributed by atoms with Crippen molar-refractivity contribution in [2.24, 2.45) is 5.41 Å². The third-order valence-corrected chi connectivity index (χ3v) is 5.75. The summed E-state index contributed by atoms with van der Waals surface area (Å²) in [6.07, 6.45) is 6.58. The Morgan fingerprint density at radius 1 is 1.26 bits per heavy atom. The predicted octanol–water partition coefficient (Wildman–Crippen LogP) is 3.44. The fourth-order valence-corrected chi connectivity index (χ4v) is 4.15. The largest absolute Gasteiger partial charge is 0.237 e. The Labute approximate surface area is 113 Å². The number of nitrogens with zero attached hydrogens (tertiary/aromatic N) is 3. The van der Waals surface area contributed by atoms with Gasteiger partial charge in [-0.3, -0.25) is 0 Å². The smallest absolute Gasteiger partial charge is 0.153 e. The number of hydrogen-bond donors (Lipinski definition) is 0. The number of aromatic nitrogens is 3. The lowest BCUT2D eigenvalue weighted by Crippen LogP contribution is -2.32. The molecule has 2 unspecified atom stereocenters. The van der Waals surface area contributed by atoms with E-state index in [0.717, 1.165) is 5.82 Å². The highest BCUT2D eigenvalue weighted by Gasteiger charge is 2.61. The minimum Gasteiger partial charge on any atom is -0.237 e. The minimum atomic E-state index is 0.229. The lowest BCUT2D eigenvalue weighted by Gasteiger charge is -2.34. The van der Waals surface area contributed by atoms with Gasteiger partial charge in [-0.05, 0) is 41.9 Å². The van der Waals surface area contributed by atoms with Gasteiger partial charge in [0.2, 0.25) is 0 Å². The van der Waals surface area contributed by atoms with E-state index in [-0.39, 0.29) is 5.41 Å². The van der Waals surface area contributed by atoms with Crippen molar-refractivity contribution in [1.29, 1.82) is 0 Å². The second kappa shape index (κ2) is 3.27. The molecule has 4 rings (SSSR count). The zero-order valence-electron chi connectivity index (χ0n) is 11.7. The molecule has 0 aliphatic heterocycles. The van der Waals surface area contributed by atoms with Gasteiger partial charge in [0.15, 0.2) is 5.82 Å². The van der Waals surface area contributed by atoms with Crippen LogP contribution in [0.25, 0.3) is 5.82 Å². The van der Waals surface area contributed by atoms with E-state index in [4.69, 9.17) is 5.10 Å². The molecular formula is C16H19N3. The molecule has 0 saturated heterocycles. The SMILES string of the molecule is CC12CCC(c3cn(-c4ccccn4)nc31)C2(C)C. The first kappa shape index (κ1) is 11.2. The number of rotatable bonds is 1. The second-order valence-electron chi connectivity index (χ2n) is 6.71. The average Bonchev–Trinajstić information content (AvgIpc) is 2.97. The molecule has 0 spiro atoms. The molecule has 2 bridgehead atoms. The molecule has 0 radical (unpaired) electrons. The van der Waals surface area contributed by atoms with Gasteiger partial charge in [0.05, 0.1) is 5.69 Å². The molecule has 2 atom stereocenters. The minimum absolute atomic E-state index is 0.229. The Bertz CT molecular complexity index is 641. The van der Waals surface area contributed by atoms with Crippen molar-refractivity contribution >= 4 is 0 Å². The van der Waals surface area contributed by atoms with E-state index in [9.17, 15) is 0 Å². The lowest BCUT2D eigenvalue weighted by atomic mass is 9.70. The third-order valence-electron chi connectivity index (χ3n) is 5.75. The van der Waals surface area contributed by atoms with Gasteiger partial charge in [0.25, 0.3) is 0 Å². The van der Waals surface area contributed by atoms with Gasteiger partial charge in [-0.1, -0.05) is 26.8 Å². The molecule has 2 heterocycles. The maximum Gasteiger partial charge on any atom is 0.153 e. The molecule has 2 aromatic heterocycles. The number of pyridine rings is 1. The Morgan fingerprint density at radius 3 is 2.79 bits per heavy atom. The Hall–Kier alpha value is -1.64. The van der Waals surface area contributed by atoms with Crippen LogP contribution in [-0.4, -0.2) is 14.8 Å². The molecule has 98 valence electrons. The lowest BCUT2D eigenvalue weighted by molar-refractivity contribution is 0.224. The standard InChI is InChI=1S/C16H19N3/c1-15(2)12-7-8-16(15,3)14-11(12)10-19(18-14)13-6-4-5-9-17-13/h4-6,9-10,12H,7-8H2,1-3H3. The van der Waals surface area contributed by atoms with Crippen molar-refractivity contribution in [2.75, 3.05) is 0 Å². The molecule has 19 heavy (non-hydrogen) atoms. The van der Waals surface area contributed by atoms with Gasteiger partial charge in [0, 0.05) is 17.8 Å². The van der Waals surface area contributed by atoms with Crippen molar-refractivity contribution < 1.29 is 0 Å². The molecular weight excluding hydrogens is 234 g/mol. The summed E-state index contributed by atoms with van der Waals surface area (Å²) in [7, 11) is 0. The average molecular weight is 253 g/mol. The molecule has 1 fully saturated rings. The molecule has 0 amide bonds. The fraction of sp³-hybridized carbons (Fsp3) is 0.500. The Balaban J connectivity index is 1.88. The van der Waals surface area contributed by atoms with E-state index in [1.165, 1.54) is 24.1 Å². The highest BCUT2D eigenvalue weighted by atomic mass is 15.3. The first-order valence-corrected chi connectivity index (χ1v) is 7.05. The van der Waals surface area contributed by atoms with Gasteiger partial charge < -0.3 is 0 Å². The maximum atomic E-state index is 4.87. The first-order chi connectivity index (χ1) is 9.04. The highest BCUT2D eigenvalue weighted by molar-refractivity contribution is 5.45. The summed E-state index contributed by atoms with van der Waals surface area (Å²) in [6.45, 7) is 7.18. The van der Waals surface area contributed by atoms with Crippen LogP contribution in [0.15, 0.2) is 30.6 Å². The van der Waals surface area contributed by atoms with Crippen LogP contribution < -0.4 is 0 Å².